The van der Waals surface area contributed by atoms with E-state index in [0.29, 0.717) is 40.1 Å². The number of rotatable bonds is 8. The summed E-state index contributed by atoms with van der Waals surface area (Å²) in [5.41, 5.74) is 3.96. The predicted octanol–water partition coefficient (Wildman–Crippen LogP) is 7.54. The summed E-state index contributed by atoms with van der Waals surface area (Å²) in [6.45, 7) is 4.92. The van der Waals surface area contributed by atoms with Crippen molar-refractivity contribution in [3.05, 3.63) is 90.4 Å². The van der Waals surface area contributed by atoms with E-state index in [0.717, 1.165) is 23.4 Å². The second-order valence-corrected chi connectivity index (χ2v) is 11.6. The summed E-state index contributed by atoms with van der Waals surface area (Å²) in [4.78, 5) is 23.6. The Bertz CT molecular complexity index is 1830. The number of alkyl halides is 3. The molecule has 4 aromatic rings. The van der Waals surface area contributed by atoms with E-state index in [2.05, 4.69) is 45.0 Å². The van der Waals surface area contributed by atoms with Gasteiger partial charge in [-0.3, -0.25) is 0 Å². The third-order valence-electron chi connectivity index (χ3n) is 7.08. The first kappa shape index (κ1) is 33.1. The fourth-order valence-corrected chi connectivity index (χ4v) is 5.75. The molecule has 1 aromatic heterocycles. The number of nitrogens with one attached hydrogen (secondary N) is 1. The normalized spacial score (nSPS) is 14.6. The number of carbonyl (C=O) groups excluding carboxylic acids is 1. The molecule has 0 atom stereocenters. The molecule has 0 unspecified atom stereocenters. The number of methoxy groups -OCH3 is 1. The number of nitrogens with zero attached hydrogens (tertiary/aromatic N) is 6. The number of halogens is 3. The Labute approximate surface area is 273 Å². The molecule has 1 saturated heterocycles. The number of aliphatic imine (C=N–C) groups is 1. The number of carbonyl (C=O) groups is 1. The van der Waals surface area contributed by atoms with Gasteiger partial charge < -0.3 is 19.7 Å². The fourth-order valence-electron chi connectivity index (χ4n) is 4.80. The molecule has 0 radical (unpaired) electrons. The minimum Gasteiger partial charge on any atom is -0.497 e. The molecule has 1 aliphatic heterocycles. The lowest BCUT2D eigenvalue weighted by atomic mass is 10.00. The van der Waals surface area contributed by atoms with Crippen molar-refractivity contribution in [1.82, 2.24) is 20.1 Å². The summed E-state index contributed by atoms with van der Waals surface area (Å²) in [5, 5.41) is 17.4. The Kier molecular flexibility index (Phi) is 10.2. The molecular weight excluding hydrogens is 631 g/mol. The van der Waals surface area contributed by atoms with E-state index >= 15 is 0 Å². The average molecular weight is 662 g/mol. The third kappa shape index (κ3) is 8.30. The molecule has 2 amide bonds. The number of anilines is 1. The molecule has 1 N–H and O–H groups in total. The Hall–Kier alpha value is -5.29. The molecule has 14 heteroatoms. The minimum absolute atomic E-state index is 0.216. The maximum Gasteiger partial charge on any atom is 0.573 e. The number of nitriles is 1. The van der Waals surface area contributed by atoms with E-state index in [1.54, 1.807) is 31.4 Å². The quantitative estimate of drug-likeness (QED) is 0.193. The van der Waals surface area contributed by atoms with Gasteiger partial charge in [0.05, 0.1) is 18.4 Å². The maximum absolute atomic E-state index is 12.9. The molecule has 3 aromatic carbocycles. The Balaban J connectivity index is 1.28. The van der Waals surface area contributed by atoms with E-state index in [1.807, 2.05) is 23.1 Å². The van der Waals surface area contributed by atoms with Gasteiger partial charge >= 0.3 is 12.4 Å². The number of amidine groups is 1. The number of aromatic nitrogens is 3. The predicted molar refractivity (Wildman–Crippen MR) is 175 cm³/mol. The lowest BCUT2D eigenvalue weighted by Crippen LogP contribution is -2.36. The van der Waals surface area contributed by atoms with Gasteiger partial charge in [-0.25, -0.2) is 14.5 Å². The van der Waals surface area contributed by atoms with Crippen LogP contribution >= 0.6 is 11.8 Å². The lowest BCUT2D eigenvalue weighted by Gasteiger charge is -2.32. The Morgan fingerprint density at radius 2 is 1.83 bits per heavy atom. The highest BCUT2D eigenvalue weighted by molar-refractivity contribution is 8.14. The van der Waals surface area contributed by atoms with E-state index in [1.165, 1.54) is 53.2 Å². The molecule has 242 valence electrons. The van der Waals surface area contributed by atoms with E-state index in [-0.39, 0.29) is 17.2 Å². The Morgan fingerprint density at radius 3 is 2.49 bits per heavy atom. The number of benzene rings is 3. The van der Waals surface area contributed by atoms with Crippen LogP contribution in [0.25, 0.3) is 22.6 Å². The van der Waals surface area contributed by atoms with Crippen LogP contribution in [0.1, 0.15) is 37.3 Å². The van der Waals surface area contributed by atoms with Crippen LogP contribution in [-0.4, -0.2) is 51.7 Å². The van der Waals surface area contributed by atoms with Crippen LogP contribution in [0.3, 0.4) is 0 Å². The second-order valence-electron chi connectivity index (χ2n) is 10.6. The van der Waals surface area contributed by atoms with Crippen molar-refractivity contribution in [2.24, 2.45) is 4.99 Å². The monoisotopic (exact) mass is 661 g/mol. The first-order valence-corrected chi connectivity index (χ1v) is 15.5. The van der Waals surface area contributed by atoms with Crippen LogP contribution in [-0.2, 0) is 0 Å². The second kappa shape index (κ2) is 14.4. The van der Waals surface area contributed by atoms with Gasteiger partial charge in [-0.2, -0.15) is 10.3 Å². The number of urea groups is 1. The first-order chi connectivity index (χ1) is 22.5. The summed E-state index contributed by atoms with van der Waals surface area (Å²) >= 11 is 1.50. The highest BCUT2D eigenvalue weighted by Gasteiger charge is 2.31. The van der Waals surface area contributed by atoms with E-state index in [4.69, 9.17) is 4.74 Å². The average Bonchev–Trinajstić information content (AvgIpc) is 3.55. The summed E-state index contributed by atoms with van der Waals surface area (Å²) in [7, 11) is 1.62. The largest absolute Gasteiger partial charge is 0.573 e. The van der Waals surface area contributed by atoms with Crippen LogP contribution in [0.2, 0.25) is 0 Å². The van der Waals surface area contributed by atoms with Gasteiger partial charge in [-0.05, 0) is 53.8 Å². The number of amides is 2. The first-order valence-electron chi connectivity index (χ1n) is 14.5. The number of ether oxygens (including phenoxy) is 2. The molecule has 1 aliphatic rings. The van der Waals surface area contributed by atoms with Crippen molar-refractivity contribution in [2.75, 3.05) is 24.3 Å². The van der Waals surface area contributed by atoms with Gasteiger partial charge in [-0.1, -0.05) is 55.9 Å². The van der Waals surface area contributed by atoms with Gasteiger partial charge in [0, 0.05) is 35.8 Å². The maximum atomic E-state index is 12.9. The fraction of sp³-hybridized carbons (Fsp3) is 0.242. The van der Waals surface area contributed by atoms with Gasteiger partial charge in [0.25, 0.3) is 0 Å². The number of allylic oxidation sites excluding steroid dienone is 1. The highest BCUT2D eigenvalue weighted by Crippen LogP contribution is 2.35. The van der Waals surface area contributed by atoms with E-state index < -0.39 is 12.4 Å². The van der Waals surface area contributed by atoms with Crippen molar-refractivity contribution >= 4 is 34.2 Å². The van der Waals surface area contributed by atoms with Crippen molar-refractivity contribution < 1.29 is 27.4 Å². The van der Waals surface area contributed by atoms with Crippen LogP contribution < -0.4 is 19.7 Å². The van der Waals surface area contributed by atoms with Crippen molar-refractivity contribution in [3.63, 3.8) is 0 Å². The standard InChI is InChI=1S/C33H30F3N7O3S/c1-21(2)28-14-13-27(45-3)17-29(28)42-15-4-16-47-32(42)40-31(44)38-19-24(18-37)22-5-7-23(8-6-22)30-39-20-43(41-30)25-9-11-26(12-10-25)46-33(34,35)36/h5-14,17,19-21H,4,15-16H2,1-3H3,(H,38,44)/b24-19+,40-32-. The zero-order valence-corrected chi connectivity index (χ0v) is 26.5. The SMILES string of the molecule is COc1ccc(C(C)C)c(N2CCCS/C2=N\C(=O)N/C=C(\C#N)c2ccc(-c3ncn(-c4ccc(OC(F)(F)F)cc4)n3)cc2)c1. The van der Waals surface area contributed by atoms with Crippen molar-refractivity contribution in [3.8, 4) is 34.6 Å². The minimum atomic E-state index is -4.78. The molecule has 10 nitrogen and oxygen atoms in total. The van der Waals surface area contributed by atoms with Crippen LogP contribution in [0.4, 0.5) is 23.7 Å². The van der Waals surface area contributed by atoms with Gasteiger partial charge in [0.2, 0.25) is 0 Å². The van der Waals surface area contributed by atoms with E-state index in [9.17, 15) is 23.2 Å². The van der Waals surface area contributed by atoms with Crippen LogP contribution in [0.5, 0.6) is 11.5 Å². The topological polar surface area (TPSA) is 118 Å². The molecule has 47 heavy (non-hydrogen) atoms. The lowest BCUT2D eigenvalue weighted by molar-refractivity contribution is -0.274. The third-order valence-corrected chi connectivity index (χ3v) is 8.14. The van der Waals surface area contributed by atoms with Crippen molar-refractivity contribution in [1.29, 1.82) is 5.26 Å². The summed E-state index contributed by atoms with van der Waals surface area (Å²) in [5.74, 6) is 1.81. The van der Waals surface area contributed by atoms with Gasteiger partial charge in [0.1, 0.15) is 23.9 Å². The summed E-state index contributed by atoms with van der Waals surface area (Å²) < 4.78 is 48.1. The van der Waals surface area contributed by atoms with Crippen LogP contribution in [0, 0.1) is 11.3 Å². The number of thioether (sulfide) groups is 1. The molecule has 0 saturated carbocycles. The van der Waals surface area contributed by atoms with Crippen molar-refractivity contribution in [2.45, 2.75) is 32.5 Å². The Morgan fingerprint density at radius 1 is 1.11 bits per heavy atom. The van der Waals surface area contributed by atoms with Gasteiger partial charge in [-0.15, -0.1) is 18.3 Å². The van der Waals surface area contributed by atoms with Gasteiger partial charge in [0.15, 0.2) is 11.0 Å². The number of hydrogen-bond acceptors (Lipinski definition) is 7. The molecule has 0 aliphatic carbocycles. The summed E-state index contributed by atoms with van der Waals surface area (Å²) in [6, 6.07) is 19.5. The molecule has 5 rings (SSSR count). The highest BCUT2D eigenvalue weighted by atomic mass is 32.2. The zero-order valence-electron chi connectivity index (χ0n) is 25.7. The van der Waals surface area contributed by atoms with Crippen LogP contribution in [0.15, 0.2) is 84.2 Å². The molecule has 0 bridgehead atoms. The number of hydrogen-bond donors (Lipinski definition) is 1. The summed E-state index contributed by atoms with van der Waals surface area (Å²) in [6.07, 6.45) is -1.09. The molecule has 0 spiro atoms. The molecule has 2 heterocycles. The molecule has 1 fully saturated rings. The molecular formula is C33H30F3N7O3S. The smallest absolute Gasteiger partial charge is 0.497 e. The zero-order chi connectivity index (χ0) is 33.6.